The molecule has 0 amide bonds. The molecule has 1 aromatic carbocycles. The number of morpholine rings is 1. The van der Waals surface area contributed by atoms with E-state index in [9.17, 15) is 10.2 Å². The van der Waals surface area contributed by atoms with Crippen molar-refractivity contribution in [2.24, 2.45) is 0 Å². The lowest BCUT2D eigenvalue weighted by molar-refractivity contribution is 0.105. The number of pyridine rings is 2. The molecule has 10 heteroatoms. The maximum Gasteiger partial charge on any atom is 0.165 e. The minimum atomic E-state index is -0.905. The predicted molar refractivity (Wildman–Crippen MR) is 138 cm³/mol. The highest BCUT2D eigenvalue weighted by Gasteiger charge is 2.17. The monoisotopic (exact) mass is 536 g/mol. The van der Waals surface area contributed by atoms with Gasteiger partial charge in [0.2, 0.25) is 0 Å². The predicted octanol–water partition coefficient (Wildman–Crippen LogP) is 3.12. The lowest BCUT2D eigenvalue weighted by Gasteiger charge is -2.27. The van der Waals surface area contributed by atoms with E-state index in [0.29, 0.717) is 24.7 Å². The van der Waals surface area contributed by atoms with Crippen molar-refractivity contribution in [3.63, 3.8) is 0 Å². The van der Waals surface area contributed by atoms with Gasteiger partial charge in [-0.3, -0.25) is 0 Å². The molecule has 5 rings (SSSR count). The van der Waals surface area contributed by atoms with Crippen LogP contribution in [0.15, 0.2) is 59.5 Å². The van der Waals surface area contributed by atoms with Crippen LogP contribution in [0.5, 0.6) is 0 Å². The minimum Gasteiger partial charge on any atom is -0.394 e. The van der Waals surface area contributed by atoms with Crippen molar-refractivity contribution in [1.29, 1.82) is 0 Å². The molecule has 1 aliphatic heterocycles. The number of aliphatic hydroxyl groups is 2. The second-order valence-corrected chi connectivity index (χ2v) is 9.12. The molecule has 1 aliphatic rings. The van der Waals surface area contributed by atoms with Crippen LogP contribution in [-0.2, 0) is 4.74 Å². The van der Waals surface area contributed by atoms with Crippen molar-refractivity contribution in [3.05, 3.63) is 59.5 Å². The number of aliphatic hydroxyl groups excluding tert-OH is 2. The maximum atomic E-state index is 9.83. The van der Waals surface area contributed by atoms with Gasteiger partial charge in [-0.2, -0.15) is 0 Å². The molecule has 4 aromatic rings. The van der Waals surface area contributed by atoms with E-state index in [1.807, 2.05) is 48.7 Å². The van der Waals surface area contributed by atoms with Gasteiger partial charge in [-0.25, -0.2) is 19.9 Å². The SMILES string of the molecule is OCC(O)CNc1ncnc2nc(-c3ccc(N4CCOCC4)nc3)cc(-c3cccc(Br)c3)c12. The van der Waals surface area contributed by atoms with E-state index in [2.05, 4.69) is 41.1 Å². The second kappa shape index (κ2) is 10.6. The number of hydrogen-bond donors (Lipinski definition) is 3. The Morgan fingerprint density at radius 2 is 1.91 bits per heavy atom. The summed E-state index contributed by atoms with van der Waals surface area (Å²) in [5, 5.41) is 22.9. The van der Waals surface area contributed by atoms with E-state index >= 15 is 0 Å². The first-order valence-corrected chi connectivity index (χ1v) is 12.2. The van der Waals surface area contributed by atoms with Gasteiger partial charge in [0, 0.05) is 35.9 Å². The zero-order chi connectivity index (χ0) is 24.2. The van der Waals surface area contributed by atoms with Crippen LogP contribution in [0.25, 0.3) is 33.4 Å². The van der Waals surface area contributed by atoms with E-state index in [4.69, 9.17) is 9.72 Å². The fourth-order valence-corrected chi connectivity index (χ4v) is 4.43. The summed E-state index contributed by atoms with van der Waals surface area (Å²) >= 11 is 3.56. The summed E-state index contributed by atoms with van der Waals surface area (Å²) in [5.74, 6) is 1.46. The standard InChI is InChI=1S/C25H25BrN6O3/c26-18-3-1-2-16(10-18)20-11-21(17-4-5-22(27-12-17)32-6-8-35-9-7-32)31-25-23(20)24(29-15-30-25)28-13-19(34)14-33/h1-5,10-12,15,19,33-34H,6-9,13-14H2,(H,28,29,30,31). The molecule has 1 unspecified atom stereocenters. The number of aromatic nitrogens is 4. The van der Waals surface area contributed by atoms with E-state index in [1.165, 1.54) is 6.33 Å². The molecule has 1 fully saturated rings. The van der Waals surface area contributed by atoms with Crippen molar-refractivity contribution in [1.82, 2.24) is 19.9 Å². The Hall–Kier alpha value is -3.18. The Balaban J connectivity index is 1.59. The largest absolute Gasteiger partial charge is 0.394 e. The zero-order valence-electron chi connectivity index (χ0n) is 18.9. The smallest absolute Gasteiger partial charge is 0.165 e. The fourth-order valence-electron chi connectivity index (χ4n) is 4.03. The van der Waals surface area contributed by atoms with Gasteiger partial charge < -0.3 is 25.2 Å². The van der Waals surface area contributed by atoms with E-state index in [1.54, 1.807) is 0 Å². The van der Waals surface area contributed by atoms with Gasteiger partial charge in [0.05, 0.1) is 37.0 Å². The van der Waals surface area contributed by atoms with Gasteiger partial charge in [0.25, 0.3) is 0 Å². The summed E-state index contributed by atoms with van der Waals surface area (Å²) in [6.07, 6.45) is 2.37. The highest BCUT2D eigenvalue weighted by atomic mass is 79.9. The van der Waals surface area contributed by atoms with Crippen LogP contribution >= 0.6 is 15.9 Å². The van der Waals surface area contributed by atoms with Crippen molar-refractivity contribution in [3.8, 4) is 22.4 Å². The summed E-state index contributed by atoms with van der Waals surface area (Å²) in [7, 11) is 0. The molecule has 9 nitrogen and oxygen atoms in total. The van der Waals surface area contributed by atoms with Gasteiger partial charge in [-0.15, -0.1) is 0 Å². The van der Waals surface area contributed by atoms with Crippen LogP contribution in [0.2, 0.25) is 0 Å². The third-order valence-electron chi connectivity index (χ3n) is 5.83. The number of ether oxygens (including phenoxy) is 1. The fraction of sp³-hybridized carbons (Fsp3) is 0.280. The Bertz CT molecular complexity index is 1310. The summed E-state index contributed by atoms with van der Waals surface area (Å²) in [4.78, 5) is 20.5. The molecule has 3 aromatic heterocycles. The summed E-state index contributed by atoms with van der Waals surface area (Å²) in [6.45, 7) is 2.87. The lowest BCUT2D eigenvalue weighted by atomic mass is 10.00. The number of anilines is 2. The molecule has 3 N–H and O–H groups in total. The molecule has 0 saturated carbocycles. The third-order valence-corrected chi connectivity index (χ3v) is 6.33. The van der Waals surface area contributed by atoms with Gasteiger partial charge in [0.1, 0.15) is 18.0 Å². The topological polar surface area (TPSA) is 117 Å². The van der Waals surface area contributed by atoms with Crippen LogP contribution in [0.4, 0.5) is 11.6 Å². The zero-order valence-corrected chi connectivity index (χ0v) is 20.5. The van der Waals surface area contributed by atoms with Crippen molar-refractivity contribution >= 4 is 38.6 Å². The lowest BCUT2D eigenvalue weighted by Crippen LogP contribution is -2.36. The number of nitrogens with zero attached hydrogens (tertiary/aromatic N) is 5. The summed E-state index contributed by atoms with van der Waals surface area (Å²) in [6, 6.07) is 14.0. The first-order valence-electron chi connectivity index (χ1n) is 11.4. The summed E-state index contributed by atoms with van der Waals surface area (Å²) < 4.78 is 6.38. The van der Waals surface area contributed by atoms with Crippen LogP contribution in [0, 0.1) is 0 Å². The van der Waals surface area contributed by atoms with Crippen LogP contribution in [-0.4, -0.2) is 75.7 Å². The number of halogens is 1. The normalized spacial score (nSPS) is 14.8. The average molecular weight is 537 g/mol. The summed E-state index contributed by atoms with van der Waals surface area (Å²) in [5.41, 5.74) is 4.00. The first kappa shape index (κ1) is 23.6. The maximum absolute atomic E-state index is 9.83. The number of nitrogens with one attached hydrogen (secondary N) is 1. The molecular formula is C25H25BrN6O3. The highest BCUT2D eigenvalue weighted by Crippen LogP contribution is 2.35. The minimum absolute atomic E-state index is 0.148. The molecule has 0 bridgehead atoms. The number of benzene rings is 1. The molecule has 180 valence electrons. The van der Waals surface area contributed by atoms with Crippen molar-refractivity contribution in [2.75, 3.05) is 49.7 Å². The van der Waals surface area contributed by atoms with Crippen LogP contribution in [0.3, 0.4) is 0 Å². The van der Waals surface area contributed by atoms with Gasteiger partial charge >= 0.3 is 0 Å². The Morgan fingerprint density at radius 3 is 2.66 bits per heavy atom. The molecule has 0 radical (unpaired) electrons. The van der Waals surface area contributed by atoms with E-state index in [0.717, 1.165) is 51.2 Å². The Kier molecular flexibility index (Phi) is 7.14. The highest BCUT2D eigenvalue weighted by molar-refractivity contribution is 9.10. The molecule has 1 saturated heterocycles. The Labute approximate surface area is 211 Å². The molecule has 0 spiro atoms. The van der Waals surface area contributed by atoms with Crippen molar-refractivity contribution < 1.29 is 14.9 Å². The molecule has 1 atom stereocenters. The average Bonchev–Trinajstić information content (AvgIpc) is 2.91. The third kappa shape index (κ3) is 5.25. The van der Waals surface area contributed by atoms with E-state index < -0.39 is 6.10 Å². The van der Waals surface area contributed by atoms with Crippen LogP contribution < -0.4 is 10.2 Å². The molecule has 4 heterocycles. The van der Waals surface area contributed by atoms with Gasteiger partial charge in [-0.1, -0.05) is 28.1 Å². The molecule has 35 heavy (non-hydrogen) atoms. The second-order valence-electron chi connectivity index (χ2n) is 8.21. The van der Waals surface area contributed by atoms with Gasteiger partial charge in [-0.05, 0) is 41.5 Å². The number of hydrogen-bond acceptors (Lipinski definition) is 9. The van der Waals surface area contributed by atoms with E-state index in [-0.39, 0.29) is 13.2 Å². The first-order chi connectivity index (χ1) is 17.1. The van der Waals surface area contributed by atoms with Crippen LogP contribution in [0.1, 0.15) is 0 Å². The number of fused-ring (bicyclic) bond motifs is 1. The Morgan fingerprint density at radius 1 is 1.06 bits per heavy atom. The van der Waals surface area contributed by atoms with Crippen molar-refractivity contribution in [2.45, 2.75) is 6.10 Å². The number of rotatable bonds is 7. The molecular weight excluding hydrogens is 512 g/mol. The van der Waals surface area contributed by atoms with Gasteiger partial charge in [0.15, 0.2) is 5.65 Å². The molecule has 0 aliphatic carbocycles. The quantitative estimate of drug-likeness (QED) is 0.327.